The van der Waals surface area contributed by atoms with Gasteiger partial charge in [0.25, 0.3) is 11.5 Å². The van der Waals surface area contributed by atoms with Crippen LogP contribution in [0.25, 0.3) is 15.9 Å². The quantitative estimate of drug-likeness (QED) is 0.424. The van der Waals surface area contributed by atoms with Crippen LogP contribution >= 0.6 is 22.9 Å². The van der Waals surface area contributed by atoms with Crippen molar-refractivity contribution in [2.45, 2.75) is 20.4 Å². The number of carbonyl (C=O) groups is 2. The average Bonchev–Trinajstić information content (AvgIpc) is 3.17. The first-order valence-corrected chi connectivity index (χ1v) is 12.0. The van der Waals surface area contributed by atoms with E-state index in [0.717, 1.165) is 38.2 Å². The van der Waals surface area contributed by atoms with Gasteiger partial charge in [-0.3, -0.25) is 19.0 Å². The molecule has 8 nitrogen and oxygen atoms in total. The van der Waals surface area contributed by atoms with Crippen molar-refractivity contribution in [2.75, 3.05) is 19.4 Å². The molecule has 0 aliphatic rings. The van der Waals surface area contributed by atoms with Crippen molar-refractivity contribution in [3.63, 3.8) is 0 Å². The highest BCUT2D eigenvalue weighted by atomic mass is 35.5. The van der Waals surface area contributed by atoms with Gasteiger partial charge in [-0.15, -0.1) is 11.3 Å². The van der Waals surface area contributed by atoms with Gasteiger partial charge in [0.2, 0.25) is 5.91 Å². The maximum atomic E-state index is 13.6. The van der Waals surface area contributed by atoms with E-state index in [1.165, 1.54) is 17.0 Å². The minimum atomic E-state index is -0.790. The molecule has 2 aromatic carbocycles. The van der Waals surface area contributed by atoms with Crippen molar-refractivity contribution in [1.29, 1.82) is 0 Å². The number of rotatable bonds is 5. The van der Waals surface area contributed by atoms with E-state index in [4.69, 9.17) is 11.6 Å². The Morgan fingerprint density at radius 1 is 1.08 bits per heavy atom. The summed E-state index contributed by atoms with van der Waals surface area (Å²) in [5.74, 6) is -1.39. The molecule has 0 spiro atoms. The lowest BCUT2D eigenvalue weighted by Crippen LogP contribution is -2.40. The Morgan fingerprint density at radius 3 is 2.39 bits per heavy atom. The molecule has 0 unspecified atom stereocenters. The number of anilines is 1. The van der Waals surface area contributed by atoms with Crippen LogP contribution in [0.2, 0.25) is 5.02 Å². The number of nitrogens with one attached hydrogen (secondary N) is 1. The van der Waals surface area contributed by atoms with Gasteiger partial charge in [-0.25, -0.2) is 13.8 Å². The average molecular weight is 529 g/mol. The van der Waals surface area contributed by atoms with Gasteiger partial charge >= 0.3 is 5.69 Å². The molecule has 0 atom stereocenters. The zero-order valence-corrected chi connectivity index (χ0v) is 21.5. The number of hydrogen-bond donors (Lipinski definition) is 1. The lowest BCUT2D eigenvalue weighted by molar-refractivity contribution is -0.116. The Morgan fingerprint density at radius 2 is 1.75 bits per heavy atom. The lowest BCUT2D eigenvalue weighted by atomic mass is 10.2. The van der Waals surface area contributed by atoms with Gasteiger partial charge in [0.15, 0.2) is 0 Å². The monoisotopic (exact) mass is 528 g/mol. The predicted octanol–water partition coefficient (Wildman–Crippen LogP) is 3.96. The van der Waals surface area contributed by atoms with E-state index in [0.29, 0.717) is 16.3 Å². The second kappa shape index (κ2) is 9.71. The van der Waals surface area contributed by atoms with Gasteiger partial charge in [0, 0.05) is 24.8 Å². The van der Waals surface area contributed by atoms with Crippen LogP contribution in [0.3, 0.4) is 0 Å². The summed E-state index contributed by atoms with van der Waals surface area (Å²) in [6.45, 7) is 2.99. The van der Waals surface area contributed by atoms with E-state index in [1.54, 1.807) is 46.1 Å². The van der Waals surface area contributed by atoms with Gasteiger partial charge < -0.3 is 10.2 Å². The van der Waals surface area contributed by atoms with E-state index in [2.05, 4.69) is 5.32 Å². The number of thiophene rings is 1. The molecule has 0 bridgehead atoms. The molecule has 0 saturated carbocycles. The molecule has 2 amide bonds. The summed E-state index contributed by atoms with van der Waals surface area (Å²) in [5.41, 5.74) is 0.341. The van der Waals surface area contributed by atoms with Crippen molar-refractivity contribution >= 4 is 50.7 Å². The van der Waals surface area contributed by atoms with E-state index < -0.39 is 29.5 Å². The first kappa shape index (κ1) is 25.3. The molecule has 11 heteroatoms. The summed E-state index contributed by atoms with van der Waals surface area (Å²) in [6.07, 6.45) is 0. The van der Waals surface area contributed by atoms with Crippen molar-refractivity contribution in [3.8, 4) is 5.69 Å². The number of nitrogens with zero attached hydrogens (tertiary/aromatic N) is 3. The Balaban J connectivity index is 1.93. The standard InChI is InChI=1S/C25H22ClFN4O4S/c1-13-5-6-15(26)11-18(13)28-19(32)12-30-24-20(14(2)21(36-24)23(34)29(3)4)22(33)31(25(30)35)17-9-7-16(27)8-10-17/h5-11H,12H2,1-4H3,(H,28,32). The molecule has 186 valence electrons. The summed E-state index contributed by atoms with van der Waals surface area (Å²) in [4.78, 5) is 54.7. The second-order valence-electron chi connectivity index (χ2n) is 8.43. The fourth-order valence-electron chi connectivity index (χ4n) is 3.77. The number of fused-ring (bicyclic) bond motifs is 1. The molecule has 0 aliphatic carbocycles. The molecule has 2 heterocycles. The van der Waals surface area contributed by atoms with Gasteiger partial charge in [-0.1, -0.05) is 17.7 Å². The fraction of sp³-hybridized carbons (Fsp3) is 0.200. The van der Waals surface area contributed by atoms with Gasteiger partial charge in [0.1, 0.15) is 17.2 Å². The van der Waals surface area contributed by atoms with Crippen molar-refractivity contribution in [3.05, 3.63) is 90.1 Å². The number of amides is 2. The number of halogens is 2. The van der Waals surface area contributed by atoms with Crippen LogP contribution in [0.15, 0.2) is 52.1 Å². The number of hydrogen-bond acceptors (Lipinski definition) is 5. The molecule has 0 fully saturated rings. The zero-order chi connectivity index (χ0) is 26.3. The van der Waals surface area contributed by atoms with E-state index in [-0.39, 0.29) is 26.7 Å². The number of aryl methyl sites for hydroxylation is 2. The molecule has 4 aromatic rings. The maximum Gasteiger partial charge on any atom is 0.337 e. The summed E-state index contributed by atoms with van der Waals surface area (Å²) >= 11 is 7.02. The highest BCUT2D eigenvalue weighted by molar-refractivity contribution is 7.20. The van der Waals surface area contributed by atoms with E-state index >= 15 is 0 Å². The van der Waals surface area contributed by atoms with Gasteiger partial charge in [0.05, 0.1) is 16.0 Å². The van der Waals surface area contributed by atoms with E-state index in [1.807, 2.05) is 0 Å². The molecular weight excluding hydrogens is 507 g/mol. The molecule has 0 saturated heterocycles. The van der Waals surface area contributed by atoms with E-state index in [9.17, 15) is 23.6 Å². The van der Waals surface area contributed by atoms with Crippen molar-refractivity contribution < 1.29 is 14.0 Å². The van der Waals surface area contributed by atoms with Crippen LogP contribution in [-0.4, -0.2) is 39.9 Å². The largest absolute Gasteiger partial charge is 0.344 e. The summed E-state index contributed by atoms with van der Waals surface area (Å²) in [7, 11) is 3.16. The van der Waals surface area contributed by atoms with Gasteiger partial charge in [-0.05, 0) is 61.4 Å². The third kappa shape index (κ3) is 4.57. The third-order valence-corrected chi connectivity index (χ3v) is 7.21. The zero-order valence-electron chi connectivity index (χ0n) is 19.9. The molecule has 4 rings (SSSR count). The summed E-state index contributed by atoms with van der Waals surface area (Å²) in [5, 5.41) is 3.32. The molecule has 1 N–H and O–H groups in total. The van der Waals surface area contributed by atoms with Crippen LogP contribution in [0, 0.1) is 19.7 Å². The SMILES string of the molecule is Cc1ccc(Cl)cc1NC(=O)Cn1c(=O)n(-c2ccc(F)cc2)c(=O)c2c(C)c(C(=O)N(C)C)sc21. The Bertz CT molecular complexity index is 1640. The molecule has 2 aromatic heterocycles. The Labute approximate surface area is 214 Å². The molecular formula is C25H22ClFN4O4S. The van der Waals surface area contributed by atoms with Crippen LogP contribution in [0.1, 0.15) is 20.8 Å². The van der Waals surface area contributed by atoms with Gasteiger partial charge in [-0.2, -0.15) is 0 Å². The number of aromatic nitrogens is 2. The molecule has 36 heavy (non-hydrogen) atoms. The van der Waals surface area contributed by atoms with Crippen molar-refractivity contribution in [1.82, 2.24) is 14.0 Å². The molecule has 0 aliphatic heterocycles. The fourth-order valence-corrected chi connectivity index (χ4v) is 5.26. The summed E-state index contributed by atoms with van der Waals surface area (Å²) < 4.78 is 15.6. The minimum Gasteiger partial charge on any atom is -0.344 e. The van der Waals surface area contributed by atoms with Crippen molar-refractivity contribution in [2.24, 2.45) is 0 Å². The Kier molecular flexibility index (Phi) is 6.83. The smallest absolute Gasteiger partial charge is 0.337 e. The highest BCUT2D eigenvalue weighted by Crippen LogP contribution is 2.29. The normalized spacial score (nSPS) is 11.1. The minimum absolute atomic E-state index is 0.138. The first-order valence-electron chi connectivity index (χ1n) is 10.8. The highest BCUT2D eigenvalue weighted by Gasteiger charge is 2.25. The topological polar surface area (TPSA) is 93.4 Å². The lowest BCUT2D eigenvalue weighted by Gasteiger charge is -2.13. The van der Waals surface area contributed by atoms with Crippen LogP contribution in [0.5, 0.6) is 0 Å². The third-order valence-electron chi connectivity index (χ3n) is 5.67. The van der Waals surface area contributed by atoms with Crippen LogP contribution in [-0.2, 0) is 11.3 Å². The van der Waals surface area contributed by atoms with Crippen LogP contribution in [0.4, 0.5) is 10.1 Å². The second-order valence-corrected chi connectivity index (χ2v) is 9.86. The van der Waals surface area contributed by atoms with Crippen LogP contribution < -0.4 is 16.6 Å². The maximum absolute atomic E-state index is 13.6. The Hall–Kier alpha value is -3.76. The number of carbonyl (C=O) groups excluding carboxylic acids is 2. The first-order chi connectivity index (χ1) is 17.0. The molecule has 0 radical (unpaired) electrons. The summed E-state index contributed by atoms with van der Waals surface area (Å²) in [6, 6.07) is 9.90. The number of benzene rings is 2. The predicted molar refractivity (Wildman–Crippen MR) is 139 cm³/mol.